The van der Waals surface area contributed by atoms with E-state index in [1.165, 1.54) is 6.26 Å². The number of hydrogen-bond acceptors (Lipinski definition) is 6. The maximum Gasteiger partial charge on any atom is 0.287 e. The first-order valence-corrected chi connectivity index (χ1v) is 7.06. The van der Waals surface area contributed by atoms with Crippen LogP contribution in [0.15, 0.2) is 41.3 Å². The molecule has 0 radical (unpaired) electrons. The van der Waals surface area contributed by atoms with Crippen LogP contribution in [0.4, 0.5) is 5.82 Å². The van der Waals surface area contributed by atoms with Crippen molar-refractivity contribution in [2.75, 3.05) is 18.0 Å². The summed E-state index contributed by atoms with van der Waals surface area (Å²) in [5.74, 6) is 1.00. The third kappa shape index (κ3) is 2.28. The standard InChI is InChI=1S/C14H14N6O2/c21-14(11-2-1-7-22-11)16-10-5-6-19(8-10)13-4-3-12-17-15-9-20(12)18-13/h1-4,7,9-10H,5-6,8H2,(H,16,21)/t10-/m1/s1. The molecule has 1 aliphatic rings. The molecule has 8 nitrogen and oxygen atoms in total. The number of hydrogen-bond donors (Lipinski definition) is 1. The second-order valence-electron chi connectivity index (χ2n) is 5.21. The van der Waals surface area contributed by atoms with Crippen LogP contribution in [0.25, 0.3) is 5.65 Å². The molecule has 3 aromatic rings. The fourth-order valence-electron chi connectivity index (χ4n) is 2.64. The molecule has 112 valence electrons. The van der Waals surface area contributed by atoms with E-state index in [2.05, 4.69) is 25.5 Å². The highest BCUT2D eigenvalue weighted by Gasteiger charge is 2.26. The van der Waals surface area contributed by atoms with Gasteiger partial charge >= 0.3 is 0 Å². The van der Waals surface area contributed by atoms with Gasteiger partial charge in [-0.05, 0) is 30.7 Å². The van der Waals surface area contributed by atoms with Crippen molar-refractivity contribution in [2.24, 2.45) is 0 Å². The monoisotopic (exact) mass is 298 g/mol. The van der Waals surface area contributed by atoms with Gasteiger partial charge in [-0.15, -0.1) is 15.3 Å². The van der Waals surface area contributed by atoms with Crippen molar-refractivity contribution < 1.29 is 9.21 Å². The molecule has 22 heavy (non-hydrogen) atoms. The van der Waals surface area contributed by atoms with E-state index in [0.717, 1.165) is 18.8 Å². The Labute approximate surface area is 125 Å². The van der Waals surface area contributed by atoms with Crippen molar-refractivity contribution in [1.29, 1.82) is 0 Å². The summed E-state index contributed by atoms with van der Waals surface area (Å²) in [7, 11) is 0. The van der Waals surface area contributed by atoms with Crippen LogP contribution < -0.4 is 10.2 Å². The van der Waals surface area contributed by atoms with Gasteiger partial charge in [0.2, 0.25) is 0 Å². The molecule has 0 spiro atoms. The van der Waals surface area contributed by atoms with Crippen LogP contribution in [-0.2, 0) is 0 Å². The van der Waals surface area contributed by atoms with Crippen molar-refractivity contribution in [3.8, 4) is 0 Å². The second kappa shape index (κ2) is 5.14. The van der Waals surface area contributed by atoms with Crippen molar-refractivity contribution in [3.63, 3.8) is 0 Å². The van der Waals surface area contributed by atoms with Crippen molar-refractivity contribution in [3.05, 3.63) is 42.6 Å². The maximum atomic E-state index is 12.0. The average Bonchev–Trinajstić information content (AvgIpc) is 3.27. The Bertz CT molecular complexity index is 797. The zero-order valence-corrected chi connectivity index (χ0v) is 11.7. The molecule has 0 aliphatic carbocycles. The van der Waals surface area contributed by atoms with Crippen molar-refractivity contribution in [2.45, 2.75) is 12.5 Å². The van der Waals surface area contributed by atoms with Crippen LogP contribution in [-0.4, -0.2) is 44.8 Å². The second-order valence-corrected chi connectivity index (χ2v) is 5.21. The summed E-state index contributed by atoms with van der Waals surface area (Å²) in [6.45, 7) is 1.55. The van der Waals surface area contributed by atoms with Gasteiger partial charge in [-0.2, -0.15) is 4.52 Å². The van der Waals surface area contributed by atoms with Crippen LogP contribution in [0.5, 0.6) is 0 Å². The predicted molar refractivity (Wildman–Crippen MR) is 77.6 cm³/mol. The van der Waals surface area contributed by atoms with E-state index < -0.39 is 0 Å². The molecule has 8 heteroatoms. The van der Waals surface area contributed by atoms with Crippen LogP contribution in [0.3, 0.4) is 0 Å². The molecule has 4 rings (SSSR count). The fourth-order valence-corrected chi connectivity index (χ4v) is 2.64. The minimum Gasteiger partial charge on any atom is -0.459 e. The van der Waals surface area contributed by atoms with E-state index in [1.54, 1.807) is 23.0 Å². The Morgan fingerprint density at radius 2 is 2.32 bits per heavy atom. The summed E-state index contributed by atoms with van der Waals surface area (Å²) in [5.41, 5.74) is 0.714. The third-order valence-corrected chi connectivity index (χ3v) is 3.74. The van der Waals surface area contributed by atoms with Gasteiger partial charge in [-0.3, -0.25) is 4.79 Å². The molecule has 1 aliphatic heterocycles. The van der Waals surface area contributed by atoms with Gasteiger partial charge in [0, 0.05) is 19.1 Å². The lowest BCUT2D eigenvalue weighted by Gasteiger charge is -2.17. The highest BCUT2D eigenvalue weighted by atomic mass is 16.3. The molecular weight excluding hydrogens is 284 g/mol. The molecule has 4 heterocycles. The summed E-state index contributed by atoms with van der Waals surface area (Å²) < 4.78 is 6.74. The quantitative estimate of drug-likeness (QED) is 0.766. The number of anilines is 1. The Morgan fingerprint density at radius 1 is 1.36 bits per heavy atom. The molecule has 1 amide bonds. The highest BCUT2D eigenvalue weighted by molar-refractivity contribution is 5.91. The normalized spacial score (nSPS) is 18.0. The molecule has 0 unspecified atom stereocenters. The number of rotatable bonds is 3. The molecule has 1 atom stereocenters. The third-order valence-electron chi connectivity index (χ3n) is 3.74. The van der Waals surface area contributed by atoms with E-state index in [0.29, 0.717) is 18.0 Å². The number of nitrogens with zero attached hydrogens (tertiary/aromatic N) is 5. The highest BCUT2D eigenvalue weighted by Crippen LogP contribution is 2.18. The summed E-state index contributed by atoms with van der Waals surface area (Å²) in [6, 6.07) is 7.23. The summed E-state index contributed by atoms with van der Waals surface area (Å²) in [4.78, 5) is 14.1. The molecule has 0 saturated carbocycles. The topological polar surface area (TPSA) is 88.6 Å². The van der Waals surface area contributed by atoms with Gasteiger partial charge in [-0.25, -0.2) is 0 Å². The molecule has 3 aromatic heterocycles. The number of aromatic nitrogens is 4. The Hall–Kier alpha value is -2.90. The summed E-state index contributed by atoms with van der Waals surface area (Å²) in [6.07, 6.45) is 3.94. The molecule has 1 N–H and O–H groups in total. The Balaban J connectivity index is 1.44. The number of furan rings is 1. The smallest absolute Gasteiger partial charge is 0.287 e. The minimum absolute atomic E-state index is 0.0796. The van der Waals surface area contributed by atoms with E-state index in [9.17, 15) is 4.79 Å². The van der Waals surface area contributed by atoms with Crippen molar-refractivity contribution in [1.82, 2.24) is 25.1 Å². The average molecular weight is 298 g/mol. The van der Waals surface area contributed by atoms with Gasteiger partial charge in [0.05, 0.1) is 6.26 Å². The Kier molecular flexibility index (Phi) is 2.99. The lowest BCUT2D eigenvalue weighted by molar-refractivity contribution is 0.0912. The molecule has 0 bridgehead atoms. The van der Waals surface area contributed by atoms with Crippen LogP contribution in [0, 0.1) is 0 Å². The molecule has 1 saturated heterocycles. The number of carbonyl (C=O) groups is 1. The fraction of sp³-hybridized carbons (Fsp3) is 0.286. The first kappa shape index (κ1) is 12.8. The lowest BCUT2D eigenvalue weighted by Crippen LogP contribution is -2.37. The van der Waals surface area contributed by atoms with Gasteiger partial charge in [0.25, 0.3) is 5.91 Å². The zero-order valence-electron chi connectivity index (χ0n) is 11.7. The summed E-state index contributed by atoms with van der Waals surface area (Å²) in [5, 5.41) is 15.2. The first-order chi connectivity index (χ1) is 10.8. The first-order valence-electron chi connectivity index (χ1n) is 7.06. The number of fused-ring (bicyclic) bond motifs is 1. The molecular formula is C14H14N6O2. The van der Waals surface area contributed by atoms with Gasteiger partial charge in [-0.1, -0.05) is 0 Å². The van der Waals surface area contributed by atoms with E-state index >= 15 is 0 Å². The summed E-state index contributed by atoms with van der Waals surface area (Å²) >= 11 is 0. The van der Waals surface area contributed by atoms with Gasteiger partial charge < -0.3 is 14.6 Å². The van der Waals surface area contributed by atoms with E-state index in [4.69, 9.17) is 4.42 Å². The molecule has 1 fully saturated rings. The van der Waals surface area contributed by atoms with Crippen LogP contribution >= 0.6 is 0 Å². The lowest BCUT2D eigenvalue weighted by atomic mass is 10.2. The van der Waals surface area contributed by atoms with E-state index in [1.807, 2.05) is 12.1 Å². The largest absolute Gasteiger partial charge is 0.459 e. The van der Waals surface area contributed by atoms with Crippen molar-refractivity contribution >= 4 is 17.4 Å². The Morgan fingerprint density at radius 3 is 3.18 bits per heavy atom. The minimum atomic E-state index is -0.181. The molecule has 0 aromatic carbocycles. The van der Waals surface area contributed by atoms with Crippen LogP contribution in [0.2, 0.25) is 0 Å². The predicted octanol–water partition coefficient (Wildman–Crippen LogP) is 0.726. The number of nitrogens with one attached hydrogen (secondary N) is 1. The van der Waals surface area contributed by atoms with E-state index in [-0.39, 0.29) is 11.9 Å². The maximum absolute atomic E-state index is 12.0. The number of carbonyl (C=O) groups excluding carboxylic acids is 1. The van der Waals surface area contributed by atoms with Crippen LogP contribution in [0.1, 0.15) is 17.0 Å². The van der Waals surface area contributed by atoms with Gasteiger partial charge in [0.1, 0.15) is 12.1 Å². The zero-order chi connectivity index (χ0) is 14.9. The van der Waals surface area contributed by atoms with Gasteiger partial charge in [0.15, 0.2) is 11.4 Å². The SMILES string of the molecule is O=C(N[C@@H]1CCN(c2ccc3nncn3n2)C1)c1ccco1. The number of amides is 1.